The maximum atomic E-state index is 13.5. The molecule has 106 heavy (non-hydrogen) atoms. The van der Waals surface area contributed by atoms with Gasteiger partial charge in [-0.3, -0.25) is 19.2 Å². The molecule has 8 fully saturated rings. The Hall–Kier alpha value is -4.13. The minimum absolute atomic E-state index is 0.771. The van der Waals surface area contributed by atoms with E-state index in [4.69, 9.17) is 71.1 Å². The molecule has 0 bridgehead atoms. The zero-order chi connectivity index (χ0) is 78.6. The van der Waals surface area contributed by atoms with Gasteiger partial charge in [0, 0.05) is 34.1 Å². The van der Waals surface area contributed by atoms with E-state index >= 15 is 0 Å². The molecular formula is C59H98N4O43. The van der Waals surface area contributed by atoms with Crippen LogP contribution in [-0.2, 0) is 95.0 Å². The molecule has 612 valence electrons. The minimum atomic E-state index is -3.28. The molecule has 8 aliphatic heterocycles. The van der Waals surface area contributed by atoms with Gasteiger partial charge in [0.05, 0.1) is 58.5 Å². The van der Waals surface area contributed by atoms with Gasteiger partial charge < -0.3 is 210 Å². The molecule has 0 aromatic carbocycles. The number of carbonyl (C=O) groups excluding carboxylic acids is 4. The number of carboxylic acid groups (broad SMARTS) is 1. The Kier molecular flexibility index (Phi) is 30.9. The van der Waals surface area contributed by atoms with Gasteiger partial charge in [-0.05, 0) is 6.92 Å². The first-order chi connectivity index (χ1) is 49.9. The van der Waals surface area contributed by atoms with Crippen LogP contribution in [0.3, 0.4) is 0 Å². The lowest BCUT2D eigenvalue weighted by Crippen LogP contribution is -2.72. The molecule has 0 saturated carbocycles. The van der Waals surface area contributed by atoms with Gasteiger partial charge in [-0.2, -0.15) is 0 Å². The van der Waals surface area contributed by atoms with Crippen LogP contribution in [0, 0.1) is 0 Å². The maximum absolute atomic E-state index is 13.5. The molecule has 8 rings (SSSR count). The number of hydrogen-bond acceptors (Lipinski definition) is 42. The lowest BCUT2D eigenvalue weighted by Gasteiger charge is -2.52. The molecule has 0 aromatic heterocycles. The van der Waals surface area contributed by atoms with E-state index in [0.717, 1.165) is 27.7 Å². The molecule has 4 amide bonds. The highest BCUT2D eigenvalue weighted by molar-refractivity contribution is 5.76. The molecule has 0 spiro atoms. The van der Waals surface area contributed by atoms with Crippen molar-refractivity contribution in [3.63, 3.8) is 0 Å². The van der Waals surface area contributed by atoms with Crippen LogP contribution in [0.2, 0.25) is 0 Å². The summed E-state index contributed by atoms with van der Waals surface area (Å²) in [4.78, 5) is 64.5. The summed E-state index contributed by atoms with van der Waals surface area (Å²) in [5, 5.41) is 262. The summed E-state index contributed by atoms with van der Waals surface area (Å²) in [7, 11) is 0. The second kappa shape index (κ2) is 37.5. The molecule has 0 aliphatic carbocycles. The van der Waals surface area contributed by atoms with Gasteiger partial charge in [-0.25, -0.2) is 4.79 Å². The number of aliphatic hydroxyl groups excluding tert-OH is 22. The number of ether oxygens (including phenoxy) is 15. The van der Waals surface area contributed by atoms with E-state index < -0.39 is 333 Å². The highest BCUT2D eigenvalue weighted by atomic mass is 16.8. The summed E-state index contributed by atoms with van der Waals surface area (Å²) < 4.78 is 88.6. The number of aliphatic hydroxyl groups is 22. The summed E-state index contributed by atoms with van der Waals surface area (Å²) in [6.45, 7) is -2.65. The van der Waals surface area contributed by atoms with Crippen molar-refractivity contribution in [2.45, 2.75) is 292 Å². The lowest BCUT2D eigenvalue weighted by atomic mass is 9.90. The number of carbonyl (C=O) groups is 5. The molecule has 0 radical (unpaired) electrons. The molecule has 41 atom stereocenters. The normalized spacial score (nSPS) is 47.2. The highest BCUT2D eigenvalue weighted by Crippen LogP contribution is 2.41. The van der Waals surface area contributed by atoms with E-state index in [2.05, 4.69) is 21.3 Å². The summed E-state index contributed by atoms with van der Waals surface area (Å²) in [5.74, 6) is -9.06. The van der Waals surface area contributed by atoms with Crippen LogP contribution >= 0.6 is 0 Å². The Morgan fingerprint density at radius 2 is 0.830 bits per heavy atom. The van der Waals surface area contributed by atoms with E-state index in [9.17, 15) is 141 Å². The Bertz CT molecular complexity index is 2850. The molecule has 8 saturated heterocycles. The Balaban J connectivity index is 1.08. The Morgan fingerprint density at radius 1 is 0.406 bits per heavy atom. The Morgan fingerprint density at radius 3 is 1.39 bits per heavy atom. The van der Waals surface area contributed by atoms with Crippen molar-refractivity contribution < 1.29 is 212 Å². The first-order valence-electron chi connectivity index (χ1n) is 33.6. The van der Waals surface area contributed by atoms with Crippen molar-refractivity contribution in [3.05, 3.63) is 0 Å². The fourth-order valence-corrected chi connectivity index (χ4v) is 13.6. The molecule has 0 aromatic rings. The van der Waals surface area contributed by atoms with Gasteiger partial charge in [-0.15, -0.1) is 0 Å². The fourth-order valence-electron chi connectivity index (χ4n) is 13.6. The lowest BCUT2D eigenvalue weighted by molar-refractivity contribution is -0.387. The van der Waals surface area contributed by atoms with Crippen molar-refractivity contribution in [3.8, 4) is 0 Å². The van der Waals surface area contributed by atoms with Gasteiger partial charge >= 0.3 is 5.97 Å². The number of carboxylic acids is 1. The van der Waals surface area contributed by atoms with Gasteiger partial charge in [0.15, 0.2) is 44.0 Å². The first-order valence-corrected chi connectivity index (χ1v) is 33.6. The average molecular weight is 1550 g/mol. The second-order valence-corrected chi connectivity index (χ2v) is 26.8. The van der Waals surface area contributed by atoms with Crippen molar-refractivity contribution in [1.29, 1.82) is 0 Å². The number of nitrogens with one attached hydrogen (secondary N) is 4. The zero-order valence-electron chi connectivity index (χ0n) is 57.2. The Labute approximate surface area is 600 Å². The molecule has 8 aliphatic rings. The van der Waals surface area contributed by atoms with Gasteiger partial charge in [0.2, 0.25) is 23.6 Å². The summed E-state index contributed by atoms with van der Waals surface area (Å²) in [6, 6.07) is -7.42. The average Bonchev–Trinajstić information content (AvgIpc) is 0.559. The number of rotatable bonds is 28. The second-order valence-electron chi connectivity index (χ2n) is 26.8. The molecule has 47 nitrogen and oxygen atoms in total. The van der Waals surface area contributed by atoms with E-state index in [1.54, 1.807) is 0 Å². The van der Waals surface area contributed by atoms with Gasteiger partial charge in [0.1, 0.15) is 189 Å². The molecule has 27 N–H and O–H groups in total. The van der Waals surface area contributed by atoms with Crippen LogP contribution in [0.25, 0.3) is 0 Å². The molecule has 8 heterocycles. The third-order valence-electron chi connectivity index (χ3n) is 19.2. The van der Waals surface area contributed by atoms with Crippen molar-refractivity contribution >= 4 is 29.6 Å². The molecule has 47 heteroatoms. The van der Waals surface area contributed by atoms with Crippen LogP contribution in [-0.4, -0.2) is 444 Å². The highest BCUT2D eigenvalue weighted by Gasteiger charge is 2.63. The summed E-state index contributed by atoms with van der Waals surface area (Å²) >= 11 is 0. The summed E-state index contributed by atoms with van der Waals surface area (Å²) in [6.07, 6.45) is -75.2. The standard InChI is InChI=1S/C59H98N4O43/c1-14-31(76)39(84)41(86)55(93-14)102-46-25(12-69)97-52(92-13-26-36(81)47(29(51(89)94-26)62-17(4)72)103-57-43(88)50(35(80)22(9-66)96-57)106-59(58(90)91)6-19(74)32(77)49(105-59)33(78)20(75)7-64)30(63-18(5)73)48(46)104-54-28(61-16(3)71)38(83)44(23(10-67)98-54)101-56-42(87)40(85)45(24(11-68)99-56)100-53-27(60-15(2)70)37(82)34(79)21(8-65)95-53/h14,19-57,64-69,74-89H,6-13H2,1-5H3,(H,60,70)(H,61,71)(H,62,72)(H,63,73)(H,90,91)/t14-,19-,20+,21+,22+,23+,24+,25+,26+,27+,28+,29+,30+,31+,32+,33+,34+,35-,36-,37+,38+,39+,40+,41-,42+,43+,44+,45-,46+,47+,48+,49+,50-,51-,52+,53+,54-,55-,56-,57-,59-/m0/s1. The number of amides is 4. The van der Waals surface area contributed by atoms with Crippen LogP contribution < -0.4 is 21.3 Å². The molecule has 0 unspecified atom stereocenters. The van der Waals surface area contributed by atoms with Crippen LogP contribution in [0.4, 0.5) is 0 Å². The third kappa shape index (κ3) is 19.1. The van der Waals surface area contributed by atoms with E-state index in [1.807, 2.05) is 0 Å². The van der Waals surface area contributed by atoms with E-state index in [0.29, 0.717) is 0 Å². The summed E-state index contributed by atoms with van der Waals surface area (Å²) in [5.41, 5.74) is 0. The minimum Gasteiger partial charge on any atom is -0.477 e. The van der Waals surface area contributed by atoms with Crippen LogP contribution in [0.5, 0.6) is 0 Å². The number of aliphatic carboxylic acids is 1. The predicted molar refractivity (Wildman–Crippen MR) is 327 cm³/mol. The monoisotopic (exact) mass is 1550 g/mol. The third-order valence-corrected chi connectivity index (χ3v) is 19.2. The quantitative estimate of drug-likeness (QED) is 0.0346. The van der Waals surface area contributed by atoms with Crippen LogP contribution in [0.1, 0.15) is 41.0 Å². The fraction of sp³-hybridized carbons (Fsp3) is 0.915. The van der Waals surface area contributed by atoms with E-state index in [-0.39, 0.29) is 0 Å². The van der Waals surface area contributed by atoms with Gasteiger partial charge in [0.25, 0.3) is 5.79 Å². The largest absolute Gasteiger partial charge is 0.477 e. The zero-order valence-corrected chi connectivity index (χ0v) is 57.2. The smallest absolute Gasteiger partial charge is 0.364 e. The maximum Gasteiger partial charge on any atom is 0.364 e. The number of hydrogen-bond donors (Lipinski definition) is 27. The first kappa shape index (κ1) is 87.4. The van der Waals surface area contributed by atoms with Crippen molar-refractivity contribution in [2.75, 3.05) is 46.2 Å². The topological polar surface area (TPSA) is 737 Å². The van der Waals surface area contributed by atoms with Crippen molar-refractivity contribution in [2.24, 2.45) is 0 Å². The van der Waals surface area contributed by atoms with E-state index in [1.165, 1.54) is 6.92 Å². The SMILES string of the molecule is CC(=O)N[C@@H]1[C@@H](O[C@@H]2O[C@H](CO)[C@H](O)[C@H](O[C@]3(C(=O)O)C[C@H](O)[C@@H](O)[C@H]([C@H](O)[C@H](O)CO)O3)[C@H]2O)[C@@H](O)[C@@H](CO[C@@H]2O[C@H](CO)[C@@H](O[C@@H]3O[C@@H](C)[C@@H](O)[C@@H](O)[C@@H]3O)[C@H](O[C@@H]3O[C@H](CO)[C@@H](O[C@@H]4O[C@H](CO)[C@H](O[C@H]5O[C@H](CO)[C@@H](O)[C@H](O)[C@H]5NC(C)=O)[C@H](O)[C@H]4O)[C@H](O)[C@H]3NC(C)=O)[C@H]2NC(C)=O)O[C@@H]1O. The molecular weight excluding hydrogens is 1450 g/mol. The van der Waals surface area contributed by atoms with Gasteiger partial charge in [-0.1, -0.05) is 0 Å². The predicted octanol–water partition coefficient (Wildman–Crippen LogP) is -17.6. The van der Waals surface area contributed by atoms with Crippen molar-refractivity contribution in [1.82, 2.24) is 21.3 Å². The van der Waals surface area contributed by atoms with Crippen LogP contribution in [0.15, 0.2) is 0 Å².